The molecule has 0 fully saturated rings. The molecule has 1 heterocycles. The predicted octanol–water partition coefficient (Wildman–Crippen LogP) is 4.18. The highest BCUT2D eigenvalue weighted by Crippen LogP contribution is 2.18. The summed E-state index contributed by atoms with van der Waals surface area (Å²) in [7, 11) is 0. The molecule has 0 spiro atoms. The predicted molar refractivity (Wildman–Crippen MR) is 90.1 cm³/mol. The standard InChI is InChI=1S/C16H28ClN3O/c1-11(2)7-6-8-13(5)19-14-9-18-20(10-12(3)4)16(21)15(14)17/h9,11-13,19H,6-8,10H2,1-5H3. The van der Waals surface area contributed by atoms with Crippen molar-refractivity contribution in [2.45, 2.75) is 66.5 Å². The first kappa shape index (κ1) is 18.0. The number of hydrogen-bond acceptors (Lipinski definition) is 3. The first-order valence-corrected chi connectivity index (χ1v) is 8.21. The quantitative estimate of drug-likeness (QED) is 0.783. The lowest BCUT2D eigenvalue weighted by atomic mass is 10.0. The largest absolute Gasteiger partial charge is 0.380 e. The molecule has 1 atom stereocenters. The normalized spacial score (nSPS) is 13.0. The highest BCUT2D eigenvalue weighted by molar-refractivity contribution is 6.32. The van der Waals surface area contributed by atoms with Gasteiger partial charge in [-0.3, -0.25) is 4.79 Å². The summed E-state index contributed by atoms with van der Waals surface area (Å²) in [6, 6.07) is 0.281. The van der Waals surface area contributed by atoms with Crippen molar-refractivity contribution in [3.63, 3.8) is 0 Å². The van der Waals surface area contributed by atoms with Crippen LogP contribution in [0.4, 0.5) is 5.69 Å². The lowest BCUT2D eigenvalue weighted by Gasteiger charge is -2.17. The molecule has 0 amide bonds. The Labute approximate surface area is 132 Å². The zero-order chi connectivity index (χ0) is 16.0. The average Bonchev–Trinajstić information content (AvgIpc) is 2.37. The van der Waals surface area contributed by atoms with E-state index < -0.39 is 0 Å². The van der Waals surface area contributed by atoms with Crippen molar-refractivity contribution in [1.82, 2.24) is 9.78 Å². The molecule has 0 radical (unpaired) electrons. The summed E-state index contributed by atoms with van der Waals surface area (Å²) >= 11 is 6.17. The molecule has 0 saturated heterocycles. The van der Waals surface area contributed by atoms with E-state index in [1.165, 1.54) is 17.5 Å². The third kappa shape index (κ3) is 6.08. The second-order valence-electron chi connectivity index (χ2n) is 6.62. The van der Waals surface area contributed by atoms with Gasteiger partial charge < -0.3 is 5.32 Å². The van der Waals surface area contributed by atoms with Gasteiger partial charge in [0, 0.05) is 12.6 Å². The van der Waals surface area contributed by atoms with E-state index in [0.29, 0.717) is 18.2 Å². The molecule has 5 heteroatoms. The maximum absolute atomic E-state index is 12.1. The molecule has 4 nitrogen and oxygen atoms in total. The molecule has 0 bridgehead atoms. The zero-order valence-electron chi connectivity index (χ0n) is 13.8. The number of aromatic nitrogens is 2. The van der Waals surface area contributed by atoms with E-state index in [-0.39, 0.29) is 16.6 Å². The molecule has 1 unspecified atom stereocenters. The van der Waals surface area contributed by atoms with Gasteiger partial charge in [0.05, 0.1) is 11.9 Å². The van der Waals surface area contributed by atoms with E-state index in [0.717, 1.165) is 12.3 Å². The van der Waals surface area contributed by atoms with Crippen LogP contribution in [-0.4, -0.2) is 15.8 Å². The van der Waals surface area contributed by atoms with Gasteiger partial charge in [-0.05, 0) is 25.2 Å². The summed E-state index contributed by atoms with van der Waals surface area (Å²) in [6.45, 7) is 11.2. The maximum atomic E-state index is 12.1. The minimum absolute atomic E-state index is 0.218. The van der Waals surface area contributed by atoms with E-state index in [4.69, 9.17) is 11.6 Å². The lowest BCUT2D eigenvalue weighted by Crippen LogP contribution is -2.27. The number of rotatable bonds is 8. The van der Waals surface area contributed by atoms with Crippen molar-refractivity contribution in [1.29, 1.82) is 0 Å². The number of nitrogens with zero attached hydrogens (tertiary/aromatic N) is 2. The molecule has 1 rings (SSSR count). The van der Waals surface area contributed by atoms with Crippen molar-refractivity contribution in [3.8, 4) is 0 Å². The molecular formula is C16H28ClN3O. The summed E-state index contributed by atoms with van der Waals surface area (Å²) in [4.78, 5) is 12.1. The summed E-state index contributed by atoms with van der Waals surface area (Å²) in [5.74, 6) is 1.09. The Bertz CT molecular complexity index is 497. The second-order valence-corrected chi connectivity index (χ2v) is 7.00. The van der Waals surface area contributed by atoms with Crippen LogP contribution in [0.5, 0.6) is 0 Å². The summed E-state index contributed by atoms with van der Waals surface area (Å²) in [6.07, 6.45) is 5.10. The summed E-state index contributed by atoms with van der Waals surface area (Å²) < 4.78 is 1.43. The third-order valence-corrected chi connectivity index (χ3v) is 3.71. The fourth-order valence-electron chi connectivity index (χ4n) is 2.21. The molecule has 1 aromatic rings. The van der Waals surface area contributed by atoms with Crippen LogP contribution in [0.2, 0.25) is 5.02 Å². The first-order valence-electron chi connectivity index (χ1n) is 7.83. The van der Waals surface area contributed by atoms with Crippen molar-refractivity contribution < 1.29 is 0 Å². The second kappa shape index (κ2) is 8.42. The number of nitrogens with one attached hydrogen (secondary N) is 1. The molecule has 120 valence electrons. The Hall–Kier alpha value is -1.03. The minimum Gasteiger partial charge on any atom is -0.380 e. The highest BCUT2D eigenvalue weighted by atomic mass is 35.5. The van der Waals surface area contributed by atoms with Gasteiger partial charge in [-0.1, -0.05) is 52.1 Å². The van der Waals surface area contributed by atoms with E-state index in [1.54, 1.807) is 6.20 Å². The molecule has 0 aliphatic carbocycles. The Morgan fingerprint density at radius 2 is 1.86 bits per heavy atom. The van der Waals surface area contributed by atoms with Crippen LogP contribution >= 0.6 is 11.6 Å². The van der Waals surface area contributed by atoms with Crippen LogP contribution in [-0.2, 0) is 6.54 Å². The van der Waals surface area contributed by atoms with Gasteiger partial charge in [0.1, 0.15) is 5.02 Å². The Balaban J connectivity index is 2.67. The first-order chi connectivity index (χ1) is 9.81. The third-order valence-electron chi connectivity index (χ3n) is 3.34. The van der Waals surface area contributed by atoms with Crippen LogP contribution in [0.15, 0.2) is 11.0 Å². The summed E-state index contributed by atoms with van der Waals surface area (Å²) in [5.41, 5.74) is 0.420. The van der Waals surface area contributed by atoms with Gasteiger partial charge in [-0.25, -0.2) is 4.68 Å². The van der Waals surface area contributed by atoms with Crippen LogP contribution < -0.4 is 10.9 Å². The Morgan fingerprint density at radius 1 is 1.19 bits per heavy atom. The van der Waals surface area contributed by atoms with Crippen molar-refractivity contribution in [3.05, 3.63) is 21.6 Å². The van der Waals surface area contributed by atoms with Crippen LogP contribution in [0, 0.1) is 11.8 Å². The van der Waals surface area contributed by atoms with Crippen molar-refractivity contribution in [2.75, 3.05) is 5.32 Å². The smallest absolute Gasteiger partial charge is 0.287 e. The fraction of sp³-hybridized carbons (Fsp3) is 0.750. The van der Waals surface area contributed by atoms with Crippen molar-refractivity contribution in [2.24, 2.45) is 11.8 Å². The minimum atomic E-state index is -0.218. The van der Waals surface area contributed by atoms with Gasteiger partial charge in [-0.15, -0.1) is 0 Å². The van der Waals surface area contributed by atoms with Crippen LogP contribution in [0.1, 0.15) is 53.9 Å². The number of anilines is 1. The molecule has 0 aromatic carbocycles. The highest BCUT2D eigenvalue weighted by Gasteiger charge is 2.12. The molecule has 1 N–H and O–H groups in total. The molecule has 1 aromatic heterocycles. The van der Waals surface area contributed by atoms with Gasteiger partial charge >= 0.3 is 0 Å². The Kier molecular flexibility index (Phi) is 7.23. The fourth-order valence-corrected chi connectivity index (χ4v) is 2.41. The van der Waals surface area contributed by atoms with Gasteiger partial charge in [0.15, 0.2) is 0 Å². The van der Waals surface area contributed by atoms with E-state index in [9.17, 15) is 4.79 Å². The molecule has 21 heavy (non-hydrogen) atoms. The van der Waals surface area contributed by atoms with Gasteiger partial charge in [-0.2, -0.15) is 5.10 Å². The van der Waals surface area contributed by atoms with E-state index in [2.05, 4.69) is 31.2 Å². The summed E-state index contributed by atoms with van der Waals surface area (Å²) in [5, 5.41) is 7.73. The molecular weight excluding hydrogens is 286 g/mol. The lowest BCUT2D eigenvalue weighted by molar-refractivity contribution is 0.464. The number of halogens is 1. The molecule has 0 aliphatic heterocycles. The van der Waals surface area contributed by atoms with Crippen LogP contribution in [0.25, 0.3) is 0 Å². The van der Waals surface area contributed by atoms with Gasteiger partial charge in [0.2, 0.25) is 0 Å². The van der Waals surface area contributed by atoms with E-state index >= 15 is 0 Å². The molecule has 0 aliphatic rings. The average molecular weight is 314 g/mol. The van der Waals surface area contributed by atoms with Gasteiger partial charge in [0.25, 0.3) is 5.56 Å². The van der Waals surface area contributed by atoms with E-state index in [1.807, 2.05) is 13.8 Å². The zero-order valence-corrected chi connectivity index (χ0v) is 14.6. The topological polar surface area (TPSA) is 46.9 Å². The maximum Gasteiger partial charge on any atom is 0.287 e. The SMILES string of the molecule is CC(C)CCCC(C)Nc1cnn(CC(C)C)c(=O)c1Cl. The van der Waals surface area contributed by atoms with Crippen molar-refractivity contribution >= 4 is 17.3 Å². The Morgan fingerprint density at radius 3 is 2.43 bits per heavy atom. The molecule has 0 saturated carbocycles. The monoisotopic (exact) mass is 313 g/mol. The van der Waals surface area contributed by atoms with Crippen LogP contribution in [0.3, 0.4) is 0 Å². The number of hydrogen-bond donors (Lipinski definition) is 1.